The van der Waals surface area contributed by atoms with Crippen molar-refractivity contribution in [1.29, 1.82) is 0 Å². The average molecular weight is 746 g/mol. The van der Waals surface area contributed by atoms with Gasteiger partial charge in [0.05, 0.1) is 30.6 Å². The van der Waals surface area contributed by atoms with Crippen molar-refractivity contribution in [2.75, 3.05) is 0 Å². The van der Waals surface area contributed by atoms with E-state index in [1.165, 1.54) is 11.9 Å². The number of amides is 5. The molecule has 0 saturated heterocycles. The minimum absolute atomic E-state index is 0.00833. The molecule has 1 heterocycles. The first-order valence-electron chi connectivity index (χ1n) is 18.6. The number of aliphatic hydroxyl groups excluding tert-OH is 1. The van der Waals surface area contributed by atoms with Crippen LogP contribution in [0.1, 0.15) is 84.0 Å². The molecule has 0 aliphatic heterocycles. The highest BCUT2D eigenvalue weighted by Gasteiger charge is 2.32. The first kappa shape index (κ1) is 43.4. The lowest BCUT2D eigenvalue weighted by molar-refractivity contribution is -0.133. The van der Waals surface area contributed by atoms with Crippen LogP contribution in [0.2, 0.25) is 0 Å². The number of aryl methyl sites for hydroxylation is 1. The zero-order chi connectivity index (χ0) is 39.7. The molecule has 13 heteroatoms. The largest absolute Gasteiger partial charge is 0.444 e. The summed E-state index contributed by atoms with van der Waals surface area (Å²) in [7, 11) is 0. The lowest BCUT2D eigenvalue weighted by Crippen LogP contribution is -2.57. The van der Waals surface area contributed by atoms with Gasteiger partial charge in [-0.2, -0.15) is 0 Å². The lowest BCUT2D eigenvalue weighted by Gasteiger charge is -2.29. The molecule has 0 bridgehead atoms. The van der Waals surface area contributed by atoms with Crippen molar-refractivity contribution in [3.63, 3.8) is 0 Å². The molecule has 0 spiro atoms. The molecular weight excluding hydrogens is 688 g/mol. The fraction of sp³-hybridized carbons (Fsp3) is 0.488. The molecule has 13 nitrogen and oxygen atoms in total. The molecule has 0 saturated carbocycles. The Kier molecular flexibility index (Phi) is 17.4. The third kappa shape index (κ3) is 16.7. The van der Waals surface area contributed by atoms with Crippen molar-refractivity contribution in [1.82, 2.24) is 31.2 Å². The average Bonchev–Trinajstić information content (AvgIpc) is 3.60. The van der Waals surface area contributed by atoms with Crippen LogP contribution in [0.25, 0.3) is 0 Å². The number of aromatic nitrogens is 2. The van der Waals surface area contributed by atoms with Gasteiger partial charge in [0.1, 0.15) is 17.7 Å². The Labute approximate surface area is 318 Å². The number of carbonyl (C=O) groups is 5. The second-order valence-corrected chi connectivity index (χ2v) is 15.1. The summed E-state index contributed by atoms with van der Waals surface area (Å²) < 4.78 is 5.41. The summed E-state index contributed by atoms with van der Waals surface area (Å²) in [5, 5.41) is 21.8. The quantitative estimate of drug-likeness (QED) is 0.0983. The molecule has 6 N–H and O–H groups in total. The predicted octanol–water partition coefficient (Wildman–Crippen LogP) is 4.36. The zero-order valence-electron chi connectivity index (χ0n) is 32.3. The summed E-state index contributed by atoms with van der Waals surface area (Å²) in [6.45, 7) is 10.9. The van der Waals surface area contributed by atoms with Crippen LogP contribution in [-0.2, 0) is 43.2 Å². The number of hydrogen-bond acceptors (Lipinski definition) is 8. The summed E-state index contributed by atoms with van der Waals surface area (Å²) in [6, 6.07) is 16.0. The van der Waals surface area contributed by atoms with Gasteiger partial charge in [-0.05, 0) is 69.4 Å². The van der Waals surface area contributed by atoms with E-state index in [1.54, 1.807) is 27.0 Å². The SMILES string of the molecule is CC(C)C[C@H](NC(=O)[C@H](Cc1c[nH]cn1)NC(=O)[C@H](Cc1ccccc1)NC(=O)OC(C)(C)C)[C@@H](O)CC(=O)NC(=O)C[C@@H](C)[CH]CCc1ccccc1. The van der Waals surface area contributed by atoms with Gasteiger partial charge in [-0.15, -0.1) is 0 Å². The molecular formula is C41H57N6O7. The summed E-state index contributed by atoms with van der Waals surface area (Å²) in [4.78, 5) is 73.1. The van der Waals surface area contributed by atoms with Gasteiger partial charge >= 0.3 is 6.09 Å². The van der Waals surface area contributed by atoms with Crippen molar-refractivity contribution < 1.29 is 33.8 Å². The minimum atomic E-state index is -1.33. The number of alkyl carbamates (subject to hydrolysis) is 1. The molecule has 0 aliphatic carbocycles. The van der Waals surface area contributed by atoms with Gasteiger partial charge in [0.15, 0.2) is 0 Å². The minimum Gasteiger partial charge on any atom is -0.444 e. The third-order valence-corrected chi connectivity index (χ3v) is 8.43. The van der Waals surface area contributed by atoms with Crippen molar-refractivity contribution in [3.8, 4) is 0 Å². The van der Waals surface area contributed by atoms with Crippen LogP contribution in [0.5, 0.6) is 0 Å². The number of benzene rings is 2. The van der Waals surface area contributed by atoms with Gasteiger partial charge < -0.3 is 30.8 Å². The topological polar surface area (TPSA) is 192 Å². The van der Waals surface area contributed by atoms with E-state index < -0.39 is 66.0 Å². The highest BCUT2D eigenvalue weighted by molar-refractivity contribution is 5.95. The summed E-state index contributed by atoms with van der Waals surface area (Å²) in [6.07, 6.45) is 4.72. The molecule has 0 fully saturated rings. The summed E-state index contributed by atoms with van der Waals surface area (Å²) >= 11 is 0. The van der Waals surface area contributed by atoms with Crippen LogP contribution in [0, 0.1) is 18.3 Å². The number of imide groups is 1. The Morgan fingerprint density at radius 1 is 0.815 bits per heavy atom. The fourth-order valence-electron chi connectivity index (χ4n) is 5.85. The maximum Gasteiger partial charge on any atom is 0.408 e. The Bertz CT molecular complexity index is 1610. The molecule has 3 aromatic rings. The third-order valence-electron chi connectivity index (χ3n) is 8.43. The number of H-pyrrole nitrogens is 1. The van der Waals surface area contributed by atoms with Crippen LogP contribution >= 0.6 is 0 Å². The van der Waals surface area contributed by atoms with E-state index in [0.29, 0.717) is 12.1 Å². The Balaban J connectivity index is 1.66. The Morgan fingerprint density at radius 2 is 1.41 bits per heavy atom. The number of aliphatic hydroxyl groups is 1. The van der Waals surface area contributed by atoms with Crippen molar-refractivity contribution in [3.05, 3.63) is 96.4 Å². The van der Waals surface area contributed by atoms with Crippen molar-refractivity contribution in [2.45, 2.75) is 116 Å². The second kappa shape index (κ2) is 21.6. The van der Waals surface area contributed by atoms with Gasteiger partial charge in [-0.25, -0.2) is 9.78 Å². The van der Waals surface area contributed by atoms with Crippen molar-refractivity contribution in [2.24, 2.45) is 11.8 Å². The number of rotatable bonds is 20. The molecule has 5 amide bonds. The monoisotopic (exact) mass is 745 g/mol. The summed E-state index contributed by atoms with van der Waals surface area (Å²) in [5.74, 6) is -2.42. The predicted molar refractivity (Wildman–Crippen MR) is 206 cm³/mol. The molecule has 1 radical (unpaired) electrons. The van der Waals surface area contributed by atoms with E-state index in [0.717, 1.165) is 18.4 Å². The first-order chi connectivity index (χ1) is 25.6. The van der Waals surface area contributed by atoms with Crippen LogP contribution in [0.3, 0.4) is 0 Å². The van der Waals surface area contributed by atoms with E-state index in [4.69, 9.17) is 4.74 Å². The van der Waals surface area contributed by atoms with Crippen LogP contribution in [-0.4, -0.2) is 74.6 Å². The highest BCUT2D eigenvalue weighted by Crippen LogP contribution is 2.15. The van der Waals surface area contributed by atoms with E-state index in [2.05, 4.69) is 49.8 Å². The number of ether oxygens (including phenoxy) is 1. The van der Waals surface area contributed by atoms with Gasteiger partial charge in [-0.3, -0.25) is 24.5 Å². The molecule has 5 atom stereocenters. The number of carbonyl (C=O) groups excluding carboxylic acids is 5. The zero-order valence-corrected chi connectivity index (χ0v) is 32.3. The molecule has 2 aromatic carbocycles. The Hall–Kier alpha value is -5.04. The maximum absolute atomic E-state index is 13.9. The molecule has 293 valence electrons. The van der Waals surface area contributed by atoms with Crippen molar-refractivity contribution >= 4 is 29.7 Å². The number of hydrogen-bond donors (Lipinski definition) is 6. The number of imidazole rings is 1. The molecule has 3 rings (SSSR count). The van der Waals surface area contributed by atoms with Crippen LogP contribution in [0.4, 0.5) is 4.79 Å². The van der Waals surface area contributed by atoms with Gasteiger partial charge in [0, 0.05) is 25.5 Å². The van der Waals surface area contributed by atoms with E-state index >= 15 is 0 Å². The lowest BCUT2D eigenvalue weighted by atomic mass is 9.96. The number of aromatic amines is 1. The molecule has 54 heavy (non-hydrogen) atoms. The number of nitrogens with zero attached hydrogens (tertiary/aromatic N) is 1. The maximum atomic E-state index is 13.9. The molecule has 0 aliphatic rings. The van der Waals surface area contributed by atoms with E-state index in [-0.39, 0.29) is 31.1 Å². The highest BCUT2D eigenvalue weighted by atomic mass is 16.6. The van der Waals surface area contributed by atoms with Gasteiger partial charge in [-0.1, -0.05) is 81.4 Å². The van der Waals surface area contributed by atoms with E-state index in [9.17, 15) is 29.1 Å². The van der Waals surface area contributed by atoms with Gasteiger partial charge in [0.2, 0.25) is 23.6 Å². The second-order valence-electron chi connectivity index (χ2n) is 15.1. The van der Waals surface area contributed by atoms with Crippen LogP contribution in [0.15, 0.2) is 73.2 Å². The summed E-state index contributed by atoms with van der Waals surface area (Å²) in [5.41, 5.74) is 1.65. The van der Waals surface area contributed by atoms with Crippen LogP contribution < -0.4 is 21.3 Å². The molecule has 0 unspecified atom stereocenters. The normalized spacial score (nSPS) is 14.2. The van der Waals surface area contributed by atoms with E-state index in [1.807, 2.05) is 69.3 Å². The standard InChI is InChI=1S/C41H57N6O7/c1-27(2)20-32(35(48)24-37(50)47-36(49)21-28(3)14-13-19-29-15-9-7-10-16-29)44-39(52)34(23-31-25-42-26-43-31)45-38(51)33(22-30-17-11-8-12-18-30)46-40(53)54-41(4,5)6/h7-12,14-18,25-28,32-35,48H,13,19-24H2,1-6H3,(H,42,43)(H,44,52)(H,45,51)(H,46,53)(H,47,49,50)/t28-,32-,33-,34-,35-/m0/s1. The first-order valence-corrected chi connectivity index (χ1v) is 18.6. The van der Waals surface area contributed by atoms with Gasteiger partial charge in [0.25, 0.3) is 0 Å². The smallest absolute Gasteiger partial charge is 0.408 e. The number of nitrogens with one attached hydrogen (secondary N) is 5. The fourth-order valence-corrected chi connectivity index (χ4v) is 5.85. The Morgan fingerprint density at radius 3 is 2.00 bits per heavy atom. The molecule has 1 aromatic heterocycles.